The Labute approximate surface area is 132 Å². The summed E-state index contributed by atoms with van der Waals surface area (Å²) in [4.78, 5) is 19.4. The molecule has 7 heteroatoms. The number of rotatable bonds is 6. The van der Waals surface area contributed by atoms with Gasteiger partial charge in [-0.2, -0.15) is 8.78 Å². The van der Waals surface area contributed by atoms with Gasteiger partial charge in [-0.1, -0.05) is 6.07 Å². The van der Waals surface area contributed by atoms with Crippen LogP contribution in [0.4, 0.5) is 8.78 Å². The molecule has 5 nitrogen and oxygen atoms in total. The molecule has 2 aromatic heterocycles. The Morgan fingerprint density at radius 2 is 2.00 bits per heavy atom. The van der Waals surface area contributed by atoms with Gasteiger partial charge in [0, 0.05) is 12.4 Å². The van der Waals surface area contributed by atoms with Crippen LogP contribution in [0.2, 0.25) is 0 Å². The molecule has 2 heterocycles. The fourth-order valence-electron chi connectivity index (χ4n) is 1.91. The second kappa shape index (κ2) is 7.13. The first-order valence-corrected chi connectivity index (χ1v) is 7.00. The predicted molar refractivity (Wildman–Crippen MR) is 78.6 cm³/mol. The van der Waals surface area contributed by atoms with Crippen molar-refractivity contribution < 1.29 is 23.0 Å². The highest BCUT2D eigenvalue weighted by Gasteiger charge is 2.35. The Hall–Kier alpha value is -2.57. The molecule has 0 saturated heterocycles. The molecule has 23 heavy (non-hydrogen) atoms. The maximum atomic E-state index is 14.1. The predicted octanol–water partition coefficient (Wildman–Crippen LogP) is 3.13. The van der Waals surface area contributed by atoms with Crippen LogP contribution in [0.25, 0.3) is 0 Å². The van der Waals surface area contributed by atoms with Gasteiger partial charge in [-0.25, -0.2) is 9.78 Å². The number of esters is 1. The van der Waals surface area contributed by atoms with Crippen LogP contribution in [0.1, 0.15) is 28.5 Å². The molecule has 0 amide bonds. The summed E-state index contributed by atoms with van der Waals surface area (Å²) in [5.41, 5.74) is 0.172. The first kappa shape index (κ1) is 16.8. The maximum Gasteiger partial charge on any atom is 0.343 e. The molecule has 0 fully saturated rings. The third kappa shape index (κ3) is 4.00. The van der Waals surface area contributed by atoms with E-state index in [9.17, 15) is 13.6 Å². The van der Waals surface area contributed by atoms with Crippen molar-refractivity contribution in [2.75, 3.05) is 13.2 Å². The molecule has 0 aromatic carbocycles. The molecule has 0 unspecified atom stereocenters. The first-order valence-electron chi connectivity index (χ1n) is 7.00. The number of hydrogen-bond acceptors (Lipinski definition) is 5. The van der Waals surface area contributed by atoms with E-state index in [4.69, 9.17) is 9.47 Å². The summed E-state index contributed by atoms with van der Waals surface area (Å²) in [5, 5.41) is 0. The van der Waals surface area contributed by atoms with E-state index in [0.29, 0.717) is 5.56 Å². The molecule has 0 aliphatic heterocycles. The topological polar surface area (TPSA) is 61.3 Å². The molecule has 122 valence electrons. The van der Waals surface area contributed by atoms with Gasteiger partial charge >= 0.3 is 11.9 Å². The lowest BCUT2D eigenvalue weighted by molar-refractivity contribution is -0.0519. The lowest BCUT2D eigenvalue weighted by atomic mass is 10.1. The summed E-state index contributed by atoms with van der Waals surface area (Å²) in [7, 11) is 0. The highest BCUT2D eigenvalue weighted by atomic mass is 19.3. The summed E-state index contributed by atoms with van der Waals surface area (Å²) in [6.07, 6.45) is 2.66. The molecule has 0 N–H and O–H groups in total. The van der Waals surface area contributed by atoms with Crippen LogP contribution < -0.4 is 4.74 Å². The SMILES string of the molecule is CCOC(=O)c1c(C)ccnc1OCC(F)(F)c1ccccn1. The molecule has 2 rings (SSSR count). The zero-order valence-electron chi connectivity index (χ0n) is 12.8. The van der Waals surface area contributed by atoms with Gasteiger partial charge in [0.1, 0.15) is 11.3 Å². The molecule has 0 aliphatic carbocycles. The van der Waals surface area contributed by atoms with Crippen LogP contribution in [0.15, 0.2) is 36.7 Å². The van der Waals surface area contributed by atoms with Crippen LogP contribution in [-0.2, 0) is 10.7 Å². The smallest absolute Gasteiger partial charge is 0.343 e. The van der Waals surface area contributed by atoms with E-state index in [-0.39, 0.29) is 18.1 Å². The number of carbonyl (C=O) groups is 1. The van der Waals surface area contributed by atoms with Gasteiger partial charge in [0.25, 0.3) is 0 Å². The number of alkyl halides is 2. The third-order valence-corrected chi connectivity index (χ3v) is 3.03. The Morgan fingerprint density at radius 3 is 2.65 bits per heavy atom. The van der Waals surface area contributed by atoms with Crippen LogP contribution in [0.5, 0.6) is 5.88 Å². The highest BCUT2D eigenvalue weighted by molar-refractivity contribution is 5.93. The van der Waals surface area contributed by atoms with Crippen LogP contribution in [0.3, 0.4) is 0 Å². The zero-order valence-corrected chi connectivity index (χ0v) is 12.8. The van der Waals surface area contributed by atoms with Crippen LogP contribution >= 0.6 is 0 Å². The van der Waals surface area contributed by atoms with Crippen molar-refractivity contribution >= 4 is 5.97 Å². The summed E-state index contributed by atoms with van der Waals surface area (Å²) in [6, 6.07) is 5.79. The minimum absolute atomic E-state index is 0.0474. The molecule has 0 spiro atoms. The van der Waals surface area contributed by atoms with Gasteiger partial charge in [-0.15, -0.1) is 0 Å². The van der Waals surface area contributed by atoms with Crippen LogP contribution in [-0.4, -0.2) is 29.2 Å². The summed E-state index contributed by atoms with van der Waals surface area (Å²) < 4.78 is 38.2. The number of pyridine rings is 2. The second-order valence-electron chi connectivity index (χ2n) is 4.74. The van der Waals surface area contributed by atoms with E-state index in [1.165, 1.54) is 24.5 Å². The monoisotopic (exact) mass is 322 g/mol. The van der Waals surface area contributed by atoms with Crippen molar-refractivity contribution in [3.63, 3.8) is 0 Å². The van der Waals surface area contributed by atoms with Crippen molar-refractivity contribution in [1.82, 2.24) is 9.97 Å². The lowest BCUT2D eigenvalue weighted by Gasteiger charge is -2.17. The number of halogens is 2. The van der Waals surface area contributed by atoms with Gasteiger partial charge in [-0.3, -0.25) is 4.98 Å². The molecule has 0 radical (unpaired) electrons. The molecule has 0 saturated carbocycles. The number of carbonyl (C=O) groups excluding carboxylic acids is 1. The van der Waals surface area contributed by atoms with Crippen molar-refractivity contribution in [2.45, 2.75) is 19.8 Å². The highest BCUT2D eigenvalue weighted by Crippen LogP contribution is 2.28. The lowest BCUT2D eigenvalue weighted by Crippen LogP contribution is -2.25. The van der Waals surface area contributed by atoms with E-state index in [2.05, 4.69) is 9.97 Å². The summed E-state index contributed by atoms with van der Waals surface area (Å²) in [6.45, 7) is 2.49. The van der Waals surface area contributed by atoms with Crippen molar-refractivity contribution in [2.24, 2.45) is 0 Å². The van der Waals surface area contributed by atoms with E-state index in [1.54, 1.807) is 26.0 Å². The Balaban J connectivity index is 2.21. The van der Waals surface area contributed by atoms with Crippen molar-refractivity contribution in [3.05, 3.63) is 53.5 Å². The molecule has 0 atom stereocenters. The third-order valence-electron chi connectivity index (χ3n) is 3.03. The first-order chi connectivity index (χ1) is 11.0. The largest absolute Gasteiger partial charge is 0.470 e. The Kier molecular flexibility index (Phi) is 5.20. The van der Waals surface area contributed by atoms with E-state index in [1.807, 2.05) is 0 Å². The number of aromatic nitrogens is 2. The molecular weight excluding hydrogens is 306 g/mol. The van der Waals surface area contributed by atoms with Gasteiger partial charge in [0.2, 0.25) is 5.88 Å². The summed E-state index contributed by atoms with van der Waals surface area (Å²) in [5.74, 6) is -4.15. The second-order valence-corrected chi connectivity index (χ2v) is 4.74. The van der Waals surface area contributed by atoms with Gasteiger partial charge in [0.15, 0.2) is 6.61 Å². The standard InChI is InChI=1S/C16H16F2N2O3/c1-3-22-15(21)13-11(2)7-9-20-14(13)23-10-16(17,18)12-6-4-5-8-19-12/h4-9H,3,10H2,1-2H3. The molecule has 0 bridgehead atoms. The van der Waals surface area contributed by atoms with Crippen molar-refractivity contribution in [1.29, 1.82) is 0 Å². The average Bonchev–Trinajstić information content (AvgIpc) is 2.54. The zero-order chi connectivity index (χ0) is 16.9. The quantitative estimate of drug-likeness (QED) is 0.765. The van der Waals surface area contributed by atoms with Crippen molar-refractivity contribution in [3.8, 4) is 5.88 Å². The normalized spacial score (nSPS) is 11.1. The Morgan fingerprint density at radius 1 is 1.22 bits per heavy atom. The summed E-state index contributed by atoms with van der Waals surface area (Å²) >= 11 is 0. The number of aryl methyl sites for hydroxylation is 1. The van der Waals surface area contributed by atoms with Gasteiger partial charge < -0.3 is 9.47 Å². The number of ether oxygens (including phenoxy) is 2. The van der Waals surface area contributed by atoms with E-state index >= 15 is 0 Å². The van der Waals surface area contributed by atoms with E-state index < -0.39 is 24.2 Å². The average molecular weight is 322 g/mol. The molecule has 0 aliphatic rings. The maximum absolute atomic E-state index is 14.1. The van der Waals surface area contributed by atoms with Gasteiger partial charge in [0.05, 0.1) is 6.61 Å². The number of nitrogens with zero attached hydrogens (tertiary/aromatic N) is 2. The van der Waals surface area contributed by atoms with Gasteiger partial charge in [-0.05, 0) is 37.6 Å². The number of hydrogen-bond donors (Lipinski definition) is 0. The van der Waals surface area contributed by atoms with E-state index in [0.717, 1.165) is 0 Å². The minimum Gasteiger partial charge on any atom is -0.470 e. The molecular formula is C16H16F2N2O3. The minimum atomic E-state index is -3.31. The fraction of sp³-hybridized carbons (Fsp3) is 0.312. The molecule has 2 aromatic rings. The van der Waals surface area contributed by atoms with Crippen LogP contribution in [0, 0.1) is 6.92 Å². The fourth-order valence-corrected chi connectivity index (χ4v) is 1.91. The Bertz CT molecular complexity index is 678.